The molecule has 0 radical (unpaired) electrons. The highest BCUT2D eigenvalue weighted by Crippen LogP contribution is 2.27. The van der Waals surface area contributed by atoms with Gasteiger partial charge in [-0.15, -0.1) is 0 Å². The lowest BCUT2D eigenvalue weighted by atomic mass is 10.0. The highest BCUT2D eigenvalue weighted by atomic mass is 79.9. The minimum Gasteiger partial charge on any atom is -0.397 e. The van der Waals surface area contributed by atoms with Crippen LogP contribution in [-0.4, -0.2) is 4.98 Å². The smallest absolute Gasteiger partial charge is 0.123 e. The van der Waals surface area contributed by atoms with Crippen LogP contribution in [0.4, 0.5) is 4.39 Å². The molecule has 0 aliphatic heterocycles. The minimum atomic E-state index is -0.412. The number of nitriles is 1. The summed E-state index contributed by atoms with van der Waals surface area (Å²) in [4.78, 5) is 3.94. The highest BCUT2D eigenvalue weighted by molar-refractivity contribution is 9.10. The van der Waals surface area contributed by atoms with Crippen LogP contribution in [0.3, 0.4) is 0 Å². The van der Waals surface area contributed by atoms with E-state index in [0.717, 1.165) is 0 Å². The van der Waals surface area contributed by atoms with E-state index < -0.39 is 5.82 Å². The standard InChI is InChI=1S/C14H9BrFN3/c15-13-4-3-10(16)6-11(13)14(18)12(7-17)9-2-1-5-19-8-9/h1-6,8H,18H2/b14-12-. The van der Waals surface area contributed by atoms with Crippen LogP contribution in [0.25, 0.3) is 11.3 Å². The molecule has 1 aromatic carbocycles. The maximum Gasteiger partial charge on any atom is 0.123 e. The number of hydrogen-bond acceptors (Lipinski definition) is 3. The molecule has 94 valence electrons. The Morgan fingerprint density at radius 2 is 2.16 bits per heavy atom. The average molecular weight is 318 g/mol. The number of nitrogens with two attached hydrogens (primary N) is 1. The van der Waals surface area contributed by atoms with E-state index in [-0.39, 0.29) is 11.3 Å². The van der Waals surface area contributed by atoms with Gasteiger partial charge >= 0.3 is 0 Å². The quantitative estimate of drug-likeness (QED) is 0.864. The molecule has 0 atom stereocenters. The highest BCUT2D eigenvalue weighted by Gasteiger charge is 2.12. The fraction of sp³-hybridized carbons (Fsp3) is 0. The fourth-order valence-corrected chi connectivity index (χ4v) is 2.09. The Morgan fingerprint density at radius 1 is 1.37 bits per heavy atom. The van der Waals surface area contributed by atoms with Crippen molar-refractivity contribution in [2.75, 3.05) is 0 Å². The van der Waals surface area contributed by atoms with Gasteiger partial charge in [0.25, 0.3) is 0 Å². The Balaban J connectivity index is 2.62. The predicted molar refractivity (Wildman–Crippen MR) is 75.0 cm³/mol. The Bertz CT molecular complexity index is 675. The Morgan fingerprint density at radius 3 is 2.79 bits per heavy atom. The van der Waals surface area contributed by atoms with Gasteiger partial charge in [-0.3, -0.25) is 4.98 Å². The van der Waals surface area contributed by atoms with E-state index in [1.807, 2.05) is 6.07 Å². The summed E-state index contributed by atoms with van der Waals surface area (Å²) in [6.07, 6.45) is 3.14. The summed E-state index contributed by atoms with van der Waals surface area (Å²) < 4.78 is 13.9. The first kappa shape index (κ1) is 13.2. The maximum atomic E-state index is 13.3. The number of nitrogens with zero attached hydrogens (tertiary/aromatic N) is 2. The van der Waals surface area contributed by atoms with E-state index >= 15 is 0 Å². The molecule has 2 aromatic rings. The topological polar surface area (TPSA) is 62.7 Å². The molecule has 1 aromatic heterocycles. The molecule has 0 spiro atoms. The molecule has 0 unspecified atom stereocenters. The van der Waals surface area contributed by atoms with E-state index in [1.165, 1.54) is 12.1 Å². The summed E-state index contributed by atoms with van der Waals surface area (Å²) in [5.74, 6) is -0.412. The van der Waals surface area contributed by atoms with Crippen molar-refractivity contribution in [3.05, 3.63) is 64.1 Å². The molecule has 0 amide bonds. The van der Waals surface area contributed by atoms with Gasteiger partial charge in [-0.1, -0.05) is 22.0 Å². The van der Waals surface area contributed by atoms with Crippen LogP contribution >= 0.6 is 15.9 Å². The van der Waals surface area contributed by atoms with Crippen LogP contribution in [0.2, 0.25) is 0 Å². The summed E-state index contributed by atoms with van der Waals surface area (Å²) in [7, 11) is 0. The molecular weight excluding hydrogens is 309 g/mol. The lowest BCUT2D eigenvalue weighted by Gasteiger charge is -2.08. The second-order valence-electron chi connectivity index (χ2n) is 3.77. The largest absolute Gasteiger partial charge is 0.397 e. The van der Waals surface area contributed by atoms with Crippen molar-refractivity contribution in [3.8, 4) is 6.07 Å². The van der Waals surface area contributed by atoms with Gasteiger partial charge in [0, 0.05) is 28.0 Å². The first-order chi connectivity index (χ1) is 9.13. The number of rotatable bonds is 2. The SMILES string of the molecule is N#C/C(=C(/N)c1cc(F)ccc1Br)c1cccnc1. The van der Waals surface area contributed by atoms with Crippen molar-refractivity contribution in [1.82, 2.24) is 4.98 Å². The van der Waals surface area contributed by atoms with Crippen LogP contribution in [0, 0.1) is 17.1 Å². The fourth-order valence-electron chi connectivity index (χ4n) is 1.63. The number of benzene rings is 1. The van der Waals surface area contributed by atoms with Crippen molar-refractivity contribution in [2.24, 2.45) is 5.73 Å². The van der Waals surface area contributed by atoms with Gasteiger partial charge in [-0.05, 0) is 24.3 Å². The molecule has 0 saturated carbocycles. The Labute approximate surface area is 118 Å². The van der Waals surface area contributed by atoms with Gasteiger partial charge in [0.2, 0.25) is 0 Å². The van der Waals surface area contributed by atoms with Gasteiger partial charge in [0.1, 0.15) is 11.9 Å². The zero-order valence-corrected chi connectivity index (χ0v) is 11.4. The van der Waals surface area contributed by atoms with E-state index in [0.29, 0.717) is 15.6 Å². The summed E-state index contributed by atoms with van der Waals surface area (Å²) >= 11 is 3.30. The number of aromatic nitrogens is 1. The number of hydrogen-bond donors (Lipinski definition) is 1. The van der Waals surface area contributed by atoms with Crippen molar-refractivity contribution in [2.45, 2.75) is 0 Å². The predicted octanol–water partition coefficient (Wildman–Crippen LogP) is 3.33. The average Bonchev–Trinajstić information content (AvgIpc) is 2.43. The minimum absolute atomic E-state index is 0.210. The zero-order chi connectivity index (χ0) is 13.8. The van der Waals surface area contributed by atoms with Gasteiger partial charge in [0.15, 0.2) is 0 Å². The van der Waals surface area contributed by atoms with Gasteiger partial charge < -0.3 is 5.73 Å². The Hall–Kier alpha value is -2.19. The van der Waals surface area contributed by atoms with Crippen molar-refractivity contribution in [1.29, 1.82) is 5.26 Å². The van der Waals surface area contributed by atoms with E-state index in [2.05, 4.69) is 20.9 Å². The second kappa shape index (κ2) is 5.63. The van der Waals surface area contributed by atoms with E-state index in [1.54, 1.807) is 30.6 Å². The zero-order valence-electron chi connectivity index (χ0n) is 9.77. The molecule has 19 heavy (non-hydrogen) atoms. The van der Waals surface area contributed by atoms with Gasteiger partial charge in [-0.2, -0.15) is 5.26 Å². The van der Waals surface area contributed by atoms with Gasteiger partial charge in [-0.25, -0.2) is 4.39 Å². The molecule has 0 aliphatic carbocycles. The van der Waals surface area contributed by atoms with Crippen LogP contribution in [0.15, 0.2) is 47.2 Å². The van der Waals surface area contributed by atoms with Crippen molar-refractivity contribution in [3.63, 3.8) is 0 Å². The number of pyridine rings is 1. The number of allylic oxidation sites excluding steroid dienone is 1. The van der Waals surface area contributed by atoms with E-state index in [9.17, 15) is 9.65 Å². The molecule has 0 aliphatic rings. The van der Waals surface area contributed by atoms with Crippen LogP contribution in [0.5, 0.6) is 0 Å². The summed E-state index contributed by atoms with van der Waals surface area (Å²) in [5.41, 5.74) is 7.50. The summed E-state index contributed by atoms with van der Waals surface area (Å²) in [6.45, 7) is 0. The summed E-state index contributed by atoms with van der Waals surface area (Å²) in [6, 6.07) is 9.62. The van der Waals surface area contributed by atoms with Crippen molar-refractivity contribution >= 4 is 27.2 Å². The molecule has 0 saturated heterocycles. The monoisotopic (exact) mass is 317 g/mol. The lowest BCUT2D eigenvalue weighted by molar-refractivity contribution is 0.627. The summed E-state index contributed by atoms with van der Waals surface area (Å²) in [5, 5.41) is 9.25. The van der Waals surface area contributed by atoms with Gasteiger partial charge in [0.05, 0.1) is 11.3 Å². The molecule has 1 heterocycles. The maximum absolute atomic E-state index is 13.3. The second-order valence-corrected chi connectivity index (χ2v) is 4.62. The third kappa shape index (κ3) is 2.80. The molecule has 0 fully saturated rings. The lowest BCUT2D eigenvalue weighted by Crippen LogP contribution is -2.02. The molecule has 3 nitrogen and oxygen atoms in total. The van der Waals surface area contributed by atoms with Crippen LogP contribution < -0.4 is 5.73 Å². The first-order valence-corrected chi connectivity index (χ1v) is 6.18. The molecular formula is C14H9BrFN3. The molecule has 5 heteroatoms. The van der Waals surface area contributed by atoms with Crippen molar-refractivity contribution < 1.29 is 4.39 Å². The Kier molecular flexibility index (Phi) is 3.93. The number of halogens is 2. The van der Waals surface area contributed by atoms with Crippen LogP contribution in [-0.2, 0) is 0 Å². The van der Waals surface area contributed by atoms with E-state index in [4.69, 9.17) is 5.73 Å². The first-order valence-electron chi connectivity index (χ1n) is 5.39. The van der Waals surface area contributed by atoms with Crippen LogP contribution in [0.1, 0.15) is 11.1 Å². The third-order valence-electron chi connectivity index (χ3n) is 2.55. The molecule has 0 bridgehead atoms. The third-order valence-corrected chi connectivity index (χ3v) is 3.24. The molecule has 2 rings (SSSR count). The normalized spacial score (nSPS) is 11.6. The molecule has 2 N–H and O–H groups in total.